The van der Waals surface area contributed by atoms with E-state index in [1.807, 2.05) is 29.2 Å². The molecule has 3 aromatic rings. The number of aromatic nitrogens is 1. The number of nitrogens with zero attached hydrogens (tertiary/aromatic N) is 1. The zero-order valence-corrected chi connectivity index (χ0v) is 14.6. The normalized spacial score (nSPS) is 13.7. The van der Waals surface area contributed by atoms with Crippen molar-refractivity contribution in [2.75, 3.05) is 13.7 Å². The van der Waals surface area contributed by atoms with Crippen LogP contribution in [0.5, 0.6) is 0 Å². The molecule has 0 spiro atoms. The van der Waals surface area contributed by atoms with Crippen LogP contribution in [0.4, 0.5) is 0 Å². The first-order chi connectivity index (χ1) is 12.7. The van der Waals surface area contributed by atoms with E-state index in [2.05, 4.69) is 4.98 Å². The van der Waals surface area contributed by atoms with Crippen LogP contribution in [0.25, 0.3) is 10.9 Å². The summed E-state index contributed by atoms with van der Waals surface area (Å²) in [5.74, 6) is 0.584. The van der Waals surface area contributed by atoms with Crippen LogP contribution in [0.2, 0.25) is 0 Å². The zero-order valence-electron chi connectivity index (χ0n) is 14.6. The lowest BCUT2D eigenvalue weighted by molar-refractivity contribution is -0.132. The Bertz CT molecular complexity index is 956. The van der Waals surface area contributed by atoms with Gasteiger partial charge in [0.05, 0.1) is 18.9 Å². The molecule has 0 bridgehead atoms. The van der Waals surface area contributed by atoms with Gasteiger partial charge in [0.2, 0.25) is 5.91 Å². The summed E-state index contributed by atoms with van der Waals surface area (Å²) in [5.41, 5.74) is 3.72. The van der Waals surface area contributed by atoms with Crippen LogP contribution >= 0.6 is 0 Å². The predicted molar refractivity (Wildman–Crippen MR) is 95.8 cm³/mol. The molecule has 6 nitrogen and oxygen atoms in total. The number of carbonyl (C=O) groups excluding carboxylic acids is 2. The fraction of sp³-hybridized carbons (Fsp3) is 0.300. The van der Waals surface area contributed by atoms with Gasteiger partial charge in [0.15, 0.2) is 0 Å². The van der Waals surface area contributed by atoms with Gasteiger partial charge >= 0.3 is 5.97 Å². The number of hydrogen-bond acceptors (Lipinski definition) is 4. The summed E-state index contributed by atoms with van der Waals surface area (Å²) in [7, 11) is 1.37. The molecule has 26 heavy (non-hydrogen) atoms. The molecule has 1 aliphatic rings. The predicted octanol–water partition coefficient (Wildman–Crippen LogP) is 3.07. The lowest BCUT2D eigenvalue weighted by atomic mass is 10.0. The molecular formula is C20H20N2O4. The summed E-state index contributed by atoms with van der Waals surface area (Å²) in [6.07, 6.45) is 3.44. The molecule has 4 rings (SSSR count). The Balaban J connectivity index is 1.54. The minimum absolute atomic E-state index is 0.116. The van der Waals surface area contributed by atoms with Crippen molar-refractivity contribution in [3.05, 3.63) is 59.2 Å². The molecule has 3 heterocycles. The van der Waals surface area contributed by atoms with E-state index in [1.165, 1.54) is 7.11 Å². The van der Waals surface area contributed by atoms with Crippen molar-refractivity contribution < 1.29 is 18.7 Å². The number of nitrogens with one attached hydrogen (secondary N) is 1. The zero-order chi connectivity index (χ0) is 18.1. The molecule has 1 N–H and O–H groups in total. The number of amides is 1. The highest BCUT2D eigenvalue weighted by Gasteiger charge is 2.24. The molecule has 0 unspecified atom stereocenters. The number of carbonyl (C=O) groups is 2. The average Bonchev–Trinajstić information content (AvgIpc) is 3.31. The van der Waals surface area contributed by atoms with Crippen molar-refractivity contribution >= 4 is 22.8 Å². The summed E-state index contributed by atoms with van der Waals surface area (Å²) in [5, 5.41) is 0.978. The maximum atomic E-state index is 12.6. The first kappa shape index (κ1) is 16.4. The van der Waals surface area contributed by atoms with Crippen molar-refractivity contribution in [2.45, 2.75) is 25.8 Å². The van der Waals surface area contributed by atoms with E-state index < -0.39 is 0 Å². The Labute approximate surface area is 150 Å². The Morgan fingerprint density at radius 1 is 1.31 bits per heavy atom. The Morgan fingerprint density at radius 2 is 2.19 bits per heavy atom. The van der Waals surface area contributed by atoms with Gasteiger partial charge in [-0.25, -0.2) is 4.79 Å². The molecule has 0 fully saturated rings. The van der Waals surface area contributed by atoms with Crippen LogP contribution in [-0.2, 0) is 28.9 Å². The summed E-state index contributed by atoms with van der Waals surface area (Å²) < 4.78 is 10.1. The number of fused-ring (bicyclic) bond motifs is 3. The van der Waals surface area contributed by atoms with E-state index in [9.17, 15) is 9.59 Å². The van der Waals surface area contributed by atoms with E-state index in [4.69, 9.17) is 9.15 Å². The number of methoxy groups -OCH3 is 1. The van der Waals surface area contributed by atoms with E-state index in [-0.39, 0.29) is 11.9 Å². The Kier molecular flexibility index (Phi) is 4.24. The second-order valence-electron chi connectivity index (χ2n) is 6.48. The van der Waals surface area contributed by atoms with Crippen molar-refractivity contribution in [2.24, 2.45) is 0 Å². The van der Waals surface area contributed by atoms with E-state index >= 15 is 0 Å². The summed E-state index contributed by atoms with van der Waals surface area (Å²) in [6.45, 7) is 1.25. The molecule has 0 radical (unpaired) electrons. The van der Waals surface area contributed by atoms with Gasteiger partial charge in [0.25, 0.3) is 0 Å². The topological polar surface area (TPSA) is 75.5 Å². The number of hydrogen-bond donors (Lipinski definition) is 1. The number of aryl methyl sites for hydroxylation is 1. The third kappa shape index (κ3) is 2.98. The van der Waals surface area contributed by atoms with Crippen molar-refractivity contribution in [3.8, 4) is 0 Å². The number of rotatable bonds is 4. The third-order valence-corrected chi connectivity index (χ3v) is 4.91. The summed E-state index contributed by atoms with van der Waals surface area (Å²) >= 11 is 0. The molecule has 6 heteroatoms. The smallest absolute Gasteiger partial charge is 0.337 e. The maximum Gasteiger partial charge on any atom is 0.337 e. The van der Waals surface area contributed by atoms with Gasteiger partial charge < -0.3 is 19.0 Å². The molecule has 2 aromatic heterocycles. The van der Waals surface area contributed by atoms with E-state index in [0.29, 0.717) is 31.5 Å². The van der Waals surface area contributed by atoms with E-state index in [1.54, 1.807) is 12.3 Å². The van der Waals surface area contributed by atoms with Gasteiger partial charge in [-0.05, 0) is 30.3 Å². The molecule has 1 aliphatic heterocycles. The van der Waals surface area contributed by atoms with Crippen LogP contribution in [0.1, 0.15) is 33.8 Å². The van der Waals surface area contributed by atoms with Gasteiger partial charge in [0, 0.05) is 54.5 Å². The molecular weight excluding hydrogens is 332 g/mol. The second-order valence-corrected chi connectivity index (χ2v) is 6.48. The standard InChI is InChI=1S/C20H20N2O4/c1-25-20(24)13-4-6-17-15(11-13)16-12-22(9-8-18(16)21-17)19(23)7-5-14-3-2-10-26-14/h2-4,6,10-11,21H,5,7-9,12H2,1H3. The maximum absolute atomic E-state index is 12.6. The molecule has 0 atom stereocenters. The molecule has 0 saturated carbocycles. The lowest BCUT2D eigenvalue weighted by Crippen LogP contribution is -2.35. The minimum Gasteiger partial charge on any atom is -0.469 e. The fourth-order valence-corrected chi connectivity index (χ4v) is 3.51. The number of aromatic amines is 1. The van der Waals surface area contributed by atoms with Crippen molar-refractivity contribution in [3.63, 3.8) is 0 Å². The van der Waals surface area contributed by atoms with Gasteiger partial charge in [0.1, 0.15) is 5.76 Å². The second kappa shape index (κ2) is 6.71. The quantitative estimate of drug-likeness (QED) is 0.732. The third-order valence-electron chi connectivity index (χ3n) is 4.91. The number of ether oxygens (including phenoxy) is 1. The van der Waals surface area contributed by atoms with Gasteiger partial charge in [-0.3, -0.25) is 4.79 Å². The number of H-pyrrole nitrogens is 1. The molecule has 0 aliphatic carbocycles. The van der Waals surface area contributed by atoms with Gasteiger partial charge in [-0.1, -0.05) is 0 Å². The Morgan fingerprint density at radius 3 is 2.96 bits per heavy atom. The highest BCUT2D eigenvalue weighted by atomic mass is 16.5. The first-order valence-corrected chi connectivity index (χ1v) is 8.67. The highest BCUT2D eigenvalue weighted by Crippen LogP contribution is 2.29. The SMILES string of the molecule is COC(=O)c1ccc2[nH]c3c(c2c1)CN(C(=O)CCc1ccco1)CC3. The van der Waals surface area contributed by atoms with Crippen LogP contribution in [0.3, 0.4) is 0 Å². The van der Waals surface area contributed by atoms with Gasteiger partial charge in [-0.2, -0.15) is 0 Å². The van der Waals surface area contributed by atoms with Crippen LogP contribution in [0.15, 0.2) is 41.0 Å². The molecule has 134 valence electrons. The van der Waals surface area contributed by atoms with Gasteiger partial charge in [-0.15, -0.1) is 0 Å². The number of benzene rings is 1. The highest BCUT2D eigenvalue weighted by molar-refractivity contribution is 5.96. The number of furan rings is 1. The number of esters is 1. The van der Waals surface area contributed by atoms with E-state index in [0.717, 1.165) is 34.3 Å². The van der Waals surface area contributed by atoms with Crippen LogP contribution in [0, 0.1) is 0 Å². The average molecular weight is 352 g/mol. The largest absolute Gasteiger partial charge is 0.469 e. The van der Waals surface area contributed by atoms with Crippen molar-refractivity contribution in [1.82, 2.24) is 9.88 Å². The molecule has 1 aromatic carbocycles. The molecule has 1 amide bonds. The Hall–Kier alpha value is -3.02. The van der Waals surface area contributed by atoms with Crippen LogP contribution in [-0.4, -0.2) is 35.4 Å². The monoisotopic (exact) mass is 352 g/mol. The fourth-order valence-electron chi connectivity index (χ4n) is 3.51. The summed E-state index contributed by atoms with van der Waals surface area (Å²) in [4.78, 5) is 29.7. The summed E-state index contributed by atoms with van der Waals surface area (Å²) in [6, 6.07) is 9.20. The van der Waals surface area contributed by atoms with Crippen molar-refractivity contribution in [1.29, 1.82) is 0 Å². The lowest BCUT2D eigenvalue weighted by Gasteiger charge is -2.27. The molecule has 0 saturated heterocycles. The first-order valence-electron chi connectivity index (χ1n) is 8.67. The minimum atomic E-state index is -0.357. The van der Waals surface area contributed by atoms with Crippen LogP contribution < -0.4 is 0 Å².